The summed E-state index contributed by atoms with van der Waals surface area (Å²) >= 11 is 3.40. The summed E-state index contributed by atoms with van der Waals surface area (Å²) < 4.78 is 28.4. The highest BCUT2D eigenvalue weighted by Gasteiger charge is 2.13. The molecule has 3 aromatic carbocycles. The number of halogens is 1. The number of anilines is 1. The van der Waals surface area contributed by atoms with E-state index in [1.54, 1.807) is 24.3 Å². The number of hydrogen-bond donors (Lipinski definition) is 2. The highest BCUT2D eigenvalue weighted by atomic mass is 79.9. The Morgan fingerprint density at radius 1 is 0.800 bits per heavy atom. The molecule has 7 heteroatoms. The molecule has 3 aromatic rings. The number of hydrogen-bond acceptors (Lipinski definition) is 3. The number of benzene rings is 3. The van der Waals surface area contributed by atoms with Crippen LogP contribution in [0.5, 0.6) is 0 Å². The van der Waals surface area contributed by atoms with Crippen LogP contribution in [0.4, 0.5) is 5.69 Å². The number of aryl methyl sites for hydroxylation is 1. The van der Waals surface area contributed by atoms with Crippen LogP contribution in [0, 0.1) is 0 Å². The largest absolute Gasteiger partial charge is 0.325 e. The minimum absolute atomic E-state index is 0.0961. The molecule has 0 atom stereocenters. The molecule has 0 fully saturated rings. The second-order valence-electron chi connectivity index (χ2n) is 6.81. The van der Waals surface area contributed by atoms with E-state index in [1.807, 2.05) is 54.6 Å². The van der Waals surface area contributed by atoms with Crippen LogP contribution in [0.2, 0.25) is 0 Å². The van der Waals surface area contributed by atoms with E-state index in [-0.39, 0.29) is 10.8 Å². The molecule has 0 saturated carbocycles. The molecule has 2 N–H and O–H groups in total. The van der Waals surface area contributed by atoms with Crippen molar-refractivity contribution in [2.24, 2.45) is 0 Å². The first kappa shape index (κ1) is 22.2. The molecular formula is C23H23BrN2O3S. The first-order valence-corrected chi connectivity index (χ1v) is 11.9. The summed E-state index contributed by atoms with van der Waals surface area (Å²) in [6.07, 6.45) is 1.46. The third-order valence-electron chi connectivity index (χ3n) is 4.57. The van der Waals surface area contributed by atoms with Gasteiger partial charge in [-0.2, -0.15) is 0 Å². The van der Waals surface area contributed by atoms with Crippen molar-refractivity contribution >= 4 is 37.5 Å². The van der Waals surface area contributed by atoms with Crippen molar-refractivity contribution in [3.05, 3.63) is 94.5 Å². The molecule has 0 radical (unpaired) electrons. The topological polar surface area (TPSA) is 75.3 Å². The van der Waals surface area contributed by atoms with Gasteiger partial charge in [0.2, 0.25) is 15.9 Å². The molecular weight excluding hydrogens is 464 g/mol. The molecule has 0 saturated heterocycles. The van der Waals surface area contributed by atoms with E-state index in [0.29, 0.717) is 25.8 Å². The minimum Gasteiger partial charge on any atom is -0.325 e. The summed E-state index contributed by atoms with van der Waals surface area (Å²) in [4.78, 5) is 12.4. The Bertz CT molecular complexity index is 1080. The molecule has 30 heavy (non-hydrogen) atoms. The number of nitrogens with one attached hydrogen (secondary N) is 2. The zero-order valence-corrected chi connectivity index (χ0v) is 18.7. The average molecular weight is 487 g/mol. The number of rotatable bonds is 9. The molecule has 0 bridgehead atoms. The standard InChI is InChI=1S/C23H23BrN2O3S/c24-21-8-4-5-9-22(21)26-23(27)15-12-19-10-13-20(14-11-19)30(28,29)25-17-16-18-6-2-1-3-7-18/h1-11,13-14,25H,12,15-17H2,(H,26,27). The van der Waals surface area contributed by atoms with Crippen molar-refractivity contribution < 1.29 is 13.2 Å². The molecule has 3 rings (SSSR count). The van der Waals surface area contributed by atoms with Gasteiger partial charge in [-0.25, -0.2) is 13.1 Å². The van der Waals surface area contributed by atoms with Crippen molar-refractivity contribution in [1.29, 1.82) is 0 Å². The quantitative estimate of drug-likeness (QED) is 0.466. The van der Waals surface area contributed by atoms with Gasteiger partial charge in [0.05, 0.1) is 10.6 Å². The maximum absolute atomic E-state index is 12.5. The predicted octanol–water partition coefficient (Wildman–Crippen LogP) is 4.54. The predicted molar refractivity (Wildman–Crippen MR) is 123 cm³/mol. The van der Waals surface area contributed by atoms with Crippen molar-refractivity contribution in [3.63, 3.8) is 0 Å². The molecule has 156 valence electrons. The van der Waals surface area contributed by atoms with E-state index in [0.717, 1.165) is 21.3 Å². The van der Waals surface area contributed by atoms with Crippen LogP contribution < -0.4 is 10.0 Å². The highest BCUT2D eigenvalue weighted by Crippen LogP contribution is 2.21. The van der Waals surface area contributed by atoms with Crippen LogP contribution in [0.3, 0.4) is 0 Å². The Balaban J connectivity index is 1.50. The highest BCUT2D eigenvalue weighted by molar-refractivity contribution is 9.10. The van der Waals surface area contributed by atoms with Gasteiger partial charge in [0.15, 0.2) is 0 Å². The first-order chi connectivity index (χ1) is 14.4. The van der Waals surface area contributed by atoms with Crippen LogP contribution in [0.25, 0.3) is 0 Å². The van der Waals surface area contributed by atoms with Crippen molar-refractivity contribution in [3.8, 4) is 0 Å². The molecule has 0 spiro atoms. The summed E-state index contributed by atoms with van der Waals surface area (Å²) in [6, 6.07) is 23.8. The fraction of sp³-hybridized carbons (Fsp3) is 0.174. The Kier molecular flexibility index (Phi) is 7.79. The summed E-state index contributed by atoms with van der Waals surface area (Å²) in [6.45, 7) is 0.337. The molecule has 0 aliphatic heterocycles. The second-order valence-corrected chi connectivity index (χ2v) is 9.43. The number of amides is 1. The zero-order chi connectivity index (χ0) is 21.4. The number of carbonyl (C=O) groups excluding carboxylic acids is 1. The maximum atomic E-state index is 12.5. The van der Waals surface area contributed by atoms with Gasteiger partial charge < -0.3 is 5.32 Å². The molecule has 0 unspecified atom stereocenters. The summed E-state index contributed by atoms with van der Waals surface area (Å²) in [5.41, 5.74) is 2.71. The average Bonchev–Trinajstić information content (AvgIpc) is 2.75. The monoisotopic (exact) mass is 486 g/mol. The van der Waals surface area contributed by atoms with Crippen LogP contribution in [0.15, 0.2) is 88.2 Å². The minimum atomic E-state index is -3.56. The lowest BCUT2D eigenvalue weighted by Crippen LogP contribution is -2.26. The van der Waals surface area contributed by atoms with Crippen molar-refractivity contribution in [1.82, 2.24) is 4.72 Å². The van der Waals surface area contributed by atoms with E-state index < -0.39 is 10.0 Å². The van der Waals surface area contributed by atoms with Gasteiger partial charge in [-0.15, -0.1) is 0 Å². The van der Waals surface area contributed by atoms with Gasteiger partial charge >= 0.3 is 0 Å². The van der Waals surface area contributed by atoms with Crippen LogP contribution in [-0.4, -0.2) is 20.9 Å². The van der Waals surface area contributed by atoms with Crippen LogP contribution in [-0.2, 0) is 27.7 Å². The lowest BCUT2D eigenvalue weighted by molar-refractivity contribution is -0.116. The van der Waals surface area contributed by atoms with Crippen molar-refractivity contribution in [2.75, 3.05) is 11.9 Å². The third kappa shape index (κ3) is 6.52. The summed E-state index contributed by atoms with van der Waals surface area (Å²) in [5, 5.41) is 2.86. The molecule has 0 aliphatic carbocycles. The molecule has 0 heterocycles. The molecule has 0 aliphatic rings. The Hall–Kier alpha value is -2.48. The van der Waals surface area contributed by atoms with Gasteiger partial charge in [0, 0.05) is 17.4 Å². The van der Waals surface area contributed by atoms with Gasteiger partial charge in [-0.05, 0) is 64.2 Å². The summed E-state index contributed by atoms with van der Waals surface area (Å²) in [7, 11) is -3.56. The maximum Gasteiger partial charge on any atom is 0.240 e. The molecule has 1 amide bonds. The van der Waals surface area contributed by atoms with E-state index in [4.69, 9.17) is 0 Å². The van der Waals surface area contributed by atoms with Gasteiger partial charge in [-0.1, -0.05) is 54.6 Å². The second kappa shape index (κ2) is 10.5. The fourth-order valence-corrected chi connectivity index (χ4v) is 4.34. The van der Waals surface area contributed by atoms with Gasteiger partial charge in [-0.3, -0.25) is 4.79 Å². The molecule has 5 nitrogen and oxygen atoms in total. The Morgan fingerprint density at radius 2 is 1.43 bits per heavy atom. The number of sulfonamides is 1. The smallest absolute Gasteiger partial charge is 0.240 e. The van der Waals surface area contributed by atoms with E-state index in [2.05, 4.69) is 26.0 Å². The number of para-hydroxylation sites is 1. The summed E-state index contributed by atoms with van der Waals surface area (Å²) in [5.74, 6) is -0.0961. The Morgan fingerprint density at radius 3 is 2.13 bits per heavy atom. The lowest BCUT2D eigenvalue weighted by Gasteiger charge is -2.09. The van der Waals surface area contributed by atoms with E-state index >= 15 is 0 Å². The Labute approximate surface area is 185 Å². The van der Waals surface area contributed by atoms with Gasteiger partial charge in [0.1, 0.15) is 0 Å². The van der Waals surface area contributed by atoms with Crippen LogP contribution in [0.1, 0.15) is 17.5 Å². The fourth-order valence-electron chi connectivity index (χ4n) is 2.93. The number of carbonyl (C=O) groups is 1. The van der Waals surface area contributed by atoms with Crippen molar-refractivity contribution in [2.45, 2.75) is 24.2 Å². The first-order valence-electron chi connectivity index (χ1n) is 9.61. The SMILES string of the molecule is O=C(CCc1ccc(S(=O)(=O)NCCc2ccccc2)cc1)Nc1ccccc1Br. The van der Waals surface area contributed by atoms with Crippen LogP contribution >= 0.6 is 15.9 Å². The van der Waals surface area contributed by atoms with E-state index in [1.165, 1.54) is 0 Å². The zero-order valence-electron chi connectivity index (χ0n) is 16.3. The third-order valence-corrected chi connectivity index (χ3v) is 6.74. The normalized spacial score (nSPS) is 11.2. The molecule has 0 aromatic heterocycles. The van der Waals surface area contributed by atoms with E-state index in [9.17, 15) is 13.2 Å². The van der Waals surface area contributed by atoms with Gasteiger partial charge in [0.25, 0.3) is 0 Å². The lowest BCUT2D eigenvalue weighted by atomic mass is 10.1.